The van der Waals surface area contributed by atoms with Gasteiger partial charge < -0.3 is 14.3 Å². The minimum absolute atomic E-state index is 0.517. The van der Waals surface area contributed by atoms with E-state index in [1.165, 1.54) is 0 Å². The zero-order chi connectivity index (χ0) is 11.4. The van der Waals surface area contributed by atoms with E-state index >= 15 is 0 Å². The number of aliphatic hydroxyl groups is 1. The summed E-state index contributed by atoms with van der Waals surface area (Å²) in [5.74, 6) is 0.796. The smallest absolute Gasteiger partial charge is 0.122 e. The van der Waals surface area contributed by atoms with Crippen LogP contribution >= 0.6 is 0 Å². The molecule has 3 heteroatoms. The van der Waals surface area contributed by atoms with Crippen LogP contribution in [-0.4, -0.2) is 12.2 Å². The van der Waals surface area contributed by atoms with Crippen molar-refractivity contribution in [1.82, 2.24) is 0 Å². The number of benzene rings is 1. The number of aliphatic hydroxyl groups excluding tert-OH is 1. The van der Waals surface area contributed by atoms with Gasteiger partial charge in [-0.25, -0.2) is 0 Å². The lowest BCUT2D eigenvalue weighted by molar-refractivity contribution is 0.176. The molecule has 2 rings (SSSR count). The number of hydrogen-bond acceptors (Lipinski definition) is 3. The quantitative estimate of drug-likeness (QED) is 0.857. The SMILES string of the molecule is COc1ccccc1CC(O)c1ccoc1. The monoisotopic (exact) mass is 218 g/mol. The number of rotatable bonds is 4. The molecule has 0 aliphatic rings. The Labute approximate surface area is 94.3 Å². The molecule has 0 aliphatic heterocycles. The molecular weight excluding hydrogens is 204 g/mol. The van der Waals surface area contributed by atoms with Crippen LogP contribution < -0.4 is 4.74 Å². The maximum atomic E-state index is 9.97. The summed E-state index contributed by atoms with van der Waals surface area (Å²) in [4.78, 5) is 0. The summed E-state index contributed by atoms with van der Waals surface area (Å²) in [5, 5.41) is 9.97. The molecule has 0 radical (unpaired) electrons. The first-order chi connectivity index (χ1) is 7.81. The van der Waals surface area contributed by atoms with E-state index in [0.29, 0.717) is 6.42 Å². The summed E-state index contributed by atoms with van der Waals surface area (Å²) in [6.45, 7) is 0. The maximum Gasteiger partial charge on any atom is 0.122 e. The van der Waals surface area contributed by atoms with Crippen molar-refractivity contribution in [2.75, 3.05) is 7.11 Å². The Morgan fingerprint density at radius 2 is 2.12 bits per heavy atom. The largest absolute Gasteiger partial charge is 0.496 e. The fourth-order valence-electron chi connectivity index (χ4n) is 1.66. The summed E-state index contributed by atoms with van der Waals surface area (Å²) in [6.07, 6.45) is 3.07. The summed E-state index contributed by atoms with van der Waals surface area (Å²) in [6, 6.07) is 9.44. The van der Waals surface area contributed by atoms with E-state index in [4.69, 9.17) is 9.15 Å². The molecular formula is C13H14O3. The van der Waals surface area contributed by atoms with Crippen LogP contribution in [0.3, 0.4) is 0 Å². The Balaban J connectivity index is 2.14. The van der Waals surface area contributed by atoms with E-state index in [1.54, 1.807) is 25.7 Å². The second-order valence-corrected chi connectivity index (χ2v) is 3.59. The van der Waals surface area contributed by atoms with Gasteiger partial charge in [0.1, 0.15) is 5.75 Å². The van der Waals surface area contributed by atoms with Gasteiger partial charge in [-0.15, -0.1) is 0 Å². The molecule has 2 aromatic rings. The van der Waals surface area contributed by atoms with Crippen molar-refractivity contribution in [3.8, 4) is 5.75 Å². The Morgan fingerprint density at radius 1 is 1.31 bits per heavy atom. The highest BCUT2D eigenvalue weighted by Crippen LogP contribution is 2.24. The van der Waals surface area contributed by atoms with Crippen molar-refractivity contribution in [3.63, 3.8) is 0 Å². The third-order valence-corrected chi connectivity index (χ3v) is 2.53. The van der Waals surface area contributed by atoms with E-state index in [2.05, 4.69) is 0 Å². The average molecular weight is 218 g/mol. The molecule has 1 N–H and O–H groups in total. The summed E-state index contributed by atoms with van der Waals surface area (Å²) >= 11 is 0. The number of hydrogen-bond donors (Lipinski definition) is 1. The van der Waals surface area contributed by atoms with Crippen LogP contribution in [0.4, 0.5) is 0 Å². The highest BCUT2D eigenvalue weighted by atomic mass is 16.5. The zero-order valence-corrected chi connectivity index (χ0v) is 9.09. The second kappa shape index (κ2) is 4.86. The van der Waals surface area contributed by atoms with Crippen molar-refractivity contribution in [2.45, 2.75) is 12.5 Å². The lowest BCUT2D eigenvalue weighted by atomic mass is 10.0. The van der Waals surface area contributed by atoms with Crippen molar-refractivity contribution < 1.29 is 14.3 Å². The van der Waals surface area contributed by atoms with Gasteiger partial charge in [-0.1, -0.05) is 18.2 Å². The molecule has 0 saturated heterocycles. The van der Waals surface area contributed by atoms with E-state index in [0.717, 1.165) is 16.9 Å². The third-order valence-electron chi connectivity index (χ3n) is 2.53. The van der Waals surface area contributed by atoms with Crippen LogP contribution in [0.2, 0.25) is 0 Å². The van der Waals surface area contributed by atoms with Gasteiger partial charge >= 0.3 is 0 Å². The van der Waals surface area contributed by atoms with Gasteiger partial charge in [0, 0.05) is 12.0 Å². The summed E-state index contributed by atoms with van der Waals surface area (Å²) in [7, 11) is 1.63. The van der Waals surface area contributed by atoms with Crippen LogP contribution in [0.1, 0.15) is 17.2 Å². The van der Waals surface area contributed by atoms with Gasteiger partial charge in [-0.2, -0.15) is 0 Å². The molecule has 0 spiro atoms. The predicted octanol–water partition coefficient (Wildman–Crippen LogP) is 2.56. The average Bonchev–Trinajstić information content (AvgIpc) is 2.83. The van der Waals surface area contributed by atoms with Crippen LogP contribution in [0.15, 0.2) is 47.3 Å². The first kappa shape index (κ1) is 10.8. The molecule has 84 valence electrons. The van der Waals surface area contributed by atoms with Gasteiger partial charge in [-0.3, -0.25) is 0 Å². The summed E-state index contributed by atoms with van der Waals surface area (Å²) in [5.41, 5.74) is 1.77. The first-order valence-electron chi connectivity index (χ1n) is 5.13. The lowest BCUT2D eigenvalue weighted by Gasteiger charge is -2.11. The molecule has 1 unspecified atom stereocenters. The highest BCUT2D eigenvalue weighted by Gasteiger charge is 2.12. The van der Waals surface area contributed by atoms with Gasteiger partial charge in [0.15, 0.2) is 0 Å². The molecule has 1 atom stereocenters. The standard InChI is InChI=1S/C13H14O3/c1-15-13-5-3-2-4-10(13)8-12(14)11-6-7-16-9-11/h2-7,9,12,14H,8H2,1H3. The predicted molar refractivity (Wildman–Crippen MR) is 60.4 cm³/mol. The van der Waals surface area contributed by atoms with Crippen molar-refractivity contribution in [1.29, 1.82) is 0 Å². The molecule has 1 heterocycles. The fourth-order valence-corrected chi connectivity index (χ4v) is 1.66. The number of ether oxygens (including phenoxy) is 1. The van der Waals surface area contributed by atoms with Gasteiger partial charge in [0.05, 0.1) is 25.7 Å². The number of furan rings is 1. The van der Waals surface area contributed by atoms with E-state index in [1.807, 2.05) is 24.3 Å². The molecule has 0 fully saturated rings. The number of para-hydroxylation sites is 1. The normalized spacial score (nSPS) is 12.4. The van der Waals surface area contributed by atoms with Crippen molar-refractivity contribution in [2.24, 2.45) is 0 Å². The van der Waals surface area contributed by atoms with E-state index in [-0.39, 0.29) is 0 Å². The molecule has 1 aromatic heterocycles. The topological polar surface area (TPSA) is 42.6 Å². The van der Waals surface area contributed by atoms with Crippen LogP contribution in [0.5, 0.6) is 5.75 Å². The van der Waals surface area contributed by atoms with Crippen LogP contribution in [-0.2, 0) is 6.42 Å². The Hall–Kier alpha value is -1.74. The third kappa shape index (κ3) is 2.25. The van der Waals surface area contributed by atoms with Crippen LogP contribution in [0.25, 0.3) is 0 Å². The van der Waals surface area contributed by atoms with Gasteiger partial charge in [0.25, 0.3) is 0 Å². The molecule has 0 bridgehead atoms. The second-order valence-electron chi connectivity index (χ2n) is 3.59. The van der Waals surface area contributed by atoms with Crippen molar-refractivity contribution >= 4 is 0 Å². The Kier molecular flexibility index (Phi) is 3.27. The lowest BCUT2D eigenvalue weighted by Crippen LogP contribution is -2.02. The molecule has 0 amide bonds. The Bertz CT molecular complexity index is 434. The van der Waals surface area contributed by atoms with E-state index in [9.17, 15) is 5.11 Å². The maximum absolute atomic E-state index is 9.97. The minimum atomic E-state index is -0.560. The fraction of sp³-hybridized carbons (Fsp3) is 0.231. The van der Waals surface area contributed by atoms with Gasteiger partial charge in [-0.05, 0) is 17.7 Å². The number of methoxy groups -OCH3 is 1. The minimum Gasteiger partial charge on any atom is -0.496 e. The molecule has 3 nitrogen and oxygen atoms in total. The van der Waals surface area contributed by atoms with Crippen molar-refractivity contribution in [3.05, 3.63) is 54.0 Å². The highest BCUT2D eigenvalue weighted by molar-refractivity contribution is 5.34. The zero-order valence-electron chi connectivity index (χ0n) is 9.09. The molecule has 1 aromatic carbocycles. The molecule has 16 heavy (non-hydrogen) atoms. The van der Waals surface area contributed by atoms with E-state index < -0.39 is 6.10 Å². The Morgan fingerprint density at radius 3 is 2.81 bits per heavy atom. The first-order valence-corrected chi connectivity index (χ1v) is 5.13. The molecule has 0 saturated carbocycles. The summed E-state index contributed by atoms with van der Waals surface area (Å²) < 4.78 is 10.2. The van der Waals surface area contributed by atoms with Gasteiger partial charge in [0.2, 0.25) is 0 Å². The van der Waals surface area contributed by atoms with Crippen LogP contribution in [0, 0.1) is 0 Å². The molecule has 0 aliphatic carbocycles.